The minimum Gasteiger partial charge on any atom is -0.369 e. The Morgan fingerprint density at radius 3 is 2.71 bits per heavy atom. The molecule has 123 valence electrons. The number of halogens is 4. The van der Waals surface area contributed by atoms with Gasteiger partial charge in [0.2, 0.25) is 0 Å². The van der Waals surface area contributed by atoms with Crippen LogP contribution in [0.3, 0.4) is 0 Å². The van der Waals surface area contributed by atoms with E-state index in [2.05, 4.69) is 27.1 Å². The van der Waals surface area contributed by atoms with E-state index in [1.165, 1.54) is 24.5 Å². The first-order valence-electron chi connectivity index (χ1n) is 7.12. The molecule has 1 aromatic heterocycles. The summed E-state index contributed by atoms with van der Waals surface area (Å²) in [6, 6.07) is 5.26. The molecule has 0 amide bonds. The summed E-state index contributed by atoms with van der Waals surface area (Å²) < 4.78 is 38.6. The standard InChI is InChI=1S/C16H13BClF3N3/c1-17-13-14(18)23-10-24-15(13)22-9-5-4-7-11-6-2-3-8-12(11)16(19,20)21/h2-3,6,8,10H,5,9H2,1H3,(H,22,23,24). The van der Waals surface area contributed by atoms with Crippen LogP contribution in [0.2, 0.25) is 12.0 Å². The third kappa shape index (κ3) is 4.65. The van der Waals surface area contributed by atoms with E-state index in [4.69, 9.17) is 11.6 Å². The molecule has 8 heteroatoms. The van der Waals surface area contributed by atoms with Crippen molar-refractivity contribution in [3.05, 3.63) is 46.9 Å². The second-order valence-corrected chi connectivity index (χ2v) is 5.10. The van der Waals surface area contributed by atoms with Crippen LogP contribution in [0.4, 0.5) is 19.0 Å². The largest absolute Gasteiger partial charge is 0.417 e. The Hall–Kier alpha value is -2.20. The summed E-state index contributed by atoms with van der Waals surface area (Å²) in [5.41, 5.74) is -0.0804. The van der Waals surface area contributed by atoms with Gasteiger partial charge in [0.15, 0.2) is 7.28 Å². The number of hydrogen-bond donors (Lipinski definition) is 1. The van der Waals surface area contributed by atoms with E-state index >= 15 is 0 Å². The van der Waals surface area contributed by atoms with Crippen molar-refractivity contribution in [1.82, 2.24) is 9.97 Å². The molecule has 1 heterocycles. The van der Waals surface area contributed by atoms with Crippen LogP contribution in [-0.4, -0.2) is 23.8 Å². The Kier molecular flexibility index (Phi) is 6.10. The topological polar surface area (TPSA) is 37.8 Å². The van der Waals surface area contributed by atoms with Gasteiger partial charge in [-0.15, -0.1) is 0 Å². The van der Waals surface area contributed by atoms with Gasteiger partial charge in [0.1, 0.15) is 17.3 Å². The Balaban J connectivity index is 2.00. The third-order valence-electron chi connectivity index (χ3n) is 3.12. The normalized spacial score (nSPS) is 10.7. The molecule has 0 saturated heterocycles. The molecule has 0 bridgehead atoms. The minimum atomic E-state index is -4.41. The summed E-state index contributed by atoms with van der Waals surface area (Å²) >= 11 is 5.95. The molecule has 0 aliphatic heterocycles. The zero-order chi connectivity index (χ0) is 17.6. The van der Waals surface area contributed by atoms with Gasteiger partial charge in [0, 0.05) is 18.5 Å². The molecular formula is C16H13BClF3N3. The second kappa shape index (κ2) is 8.07. The molecule has 24 heavy (non-hydrogen) atoms. The van der Waals surface area contributed by atoms with Gasteiger partial charge in [-0.2, -0.15) is 13.2 Å². The van der Waals surface area contributed by atoms with Gasteiger partial charge in [-0.1, -0.05) is 42.4 Å². The Morgan fingerprint density at radius 2 is 2.00 bits per heavy atom. The highest BCUT2D eigenvalue weighted by molar-refractivity contribution is 6.58. The highest BCUT2D eigenvalue weighted by atomic mass is 35.5. The van der Waals surface area contributed by atoms with Gasteiger partial charge < -0.3 is 5.32 Å². The molecule has 0 unspecified atom stereocenters. The van der Waals surface area contributed by atoms with Gasteiger partial charge >= 0.3 is 6.18 Å². The van der Waals surface area contributed by atoms with Crippen molar-refractivity contribution in [2.24, 2.45) is 0 Å². The molecule has 1 aromatic carbocycles. The molecule has 0 aliphatic carbocycles. The molecule has 3 nitrogen and oxygen atoms in total. The fraction of sp³-hybridized carbons (Fsp3) is 0.250. The second-order valence-electron chi connectivity index (χ2n) is 4.74. The Morgan fingerprint density at radius 1 is 1.25 bits per heavy atom. The van der Waals surface area contributed by atoms with Crippen LogP contribution >= 0.6 is 11.6 Å². The maximum absolute atomic E-state index is 12.9. The fourth-order valence-corrected chi connectivity index (χ4v) is 2.25. The molecule has 2 aromatic rings. The van der Waals surface area contributed by atoms with Crippen molar-refractivity contribution in [3.8, 4) is 11.8 Å². The first-order valence-corrected chi connectivity index (χ1v) is 7.50. The van der Waals surface area contributed by atoms with Crippen molar-refractivity contribution in [1.29, 1.82) is 0 Å². The van der Waals surface area contributed by atoms with E-state index in [-0.39, 0.29) is 5.56 Å². The van der Waals surface area contributed by atoms with E-state index in [0.29, 0.717) is 29.4 Å². The lowest BCUT2D eigenvalue weighted by Crippen LogP contribution is -2.21. The van der Waals surface area contributed by atoms with Crippen molar-refractivity contribution in [2.75, 3.05) is 11.9 Å². The average molecular weight is 351 g/mol. The first kappa shape index (κ1) is 18.1. The SMILES string of the molecule is C[B]c1c(Cl)ncnc1NCCC#Cc1ccccc1C(F)(F)F. The monoisotopic (exact) mass is 350 g/mol. The number of anilines is 1. The predicted molar refractivity (Wildman–Crippen MR) is 89.7 cm³/mol. The predicted octanol–water partition coefficient (Wildman–Crippen LogP) is 3.38. The number of nitrogens with one attached hydrogen (secondary N) is 1. The lowest BCUT2D eigenvalue weighted by Gasteiger charge is -2.09. The summed E-state index contributed by atoms with van der Waals surface area (Å²) in [6.07, 6.45) is -2.72. The highest BCUT2D eigenvalue weighted by Crippen LogP contribution is 2.31. The molecule has 0 fully saturated rings. The maximum Gasteiger partial charge on any atom is 0.417 e. The van der Waals surface area contributed by atoms with Crippen LogP contribution in [0.5, 0.6) is 0 Å². The summed E-state index contributed by atoms with van der Waals surface area (Å²) in [5.74, 6) is 5.87. The van der Waals surface area contributed by atoms with E-state index in [9.17, 15) is 13.2 Å². The van der Waals surface area contributed by atoms with Crippen molar-refractivity contribution in [2.45, 2.75) is 19.4 Å². The number of hydrogen-bond acceptors (Lipinski definition) is 3. The van der Waals surface area contributed by atoms with E-state index in [0.717, 1.165) is 6.07 Å². The zero-order valence-corrected chi connectivity index (χ0v) is 13.5. The van der Waals surface area contributed by atoms with E-state index in [1.54, 1.807) is 7.28 Å². The minimum absolute atomic E-state index is 0.0299. The summed E-state index contributed by atoms with van der Waals surface area (Å²) in [6.45, 7) is 2.24. The van der Waals surface area contributed by atoms with Crippen LogP contribution in [0.25, 0.3) is 0 Å². The molecule has 0 atom stereocenters. The molecule has 2 rings (SSSR count). The van der Waals surface area contributed by atoms with Gasteiger partial charge in [-0.25, -0.2) is 9.97 Å². The van der Waals surface area contributed by atoms with Crippen molar-refractivity contribution in [3.63, 3.8) is 0 Å². The average Bonchev–Trinajstić information content (AvgIpc) is 2.54. The third-order valence-corrected chi connectivity index (χ3v) is 3.42. The summed E-state index contributed by atoms with van der Waals surface area (Å²) in [5, 5.41) is 3.38. The zero-order valence-electron chi connectivity index (χ0n) is 12.8. The Bertz CT molecular complexity index is 769. The maximum atomic E-state index is 12.9. The van der Waals surface area contributed by atoms with Gasteiger partial charge in [0.05, 0.1) is 5.56 Å². The fourth-order valence-electron chi connectivity index (χ4n) is 2.01. The van der Waals surface area contributed by atoms with Crippen molar-refractivity contribution < 1.29 is 13.2 Å². The number of aromatic nitrogens is 2. The summed E-state index contributed by atoms with van der Waals surface area (Å²) in [4.78, 5) is 7.95. The molecule has 1 N–H and O–H groups in total. The number of benzene rings is 1. The quantitative estimate of drug-likeness (QED) is 0.398. The van der Waals surface area contributed by atoms with E-state index < -0.39 is 11.7 Å². The molecule has 0 aliphatic rings. The van der Waals surface area contributed by atoms with Crippen LogP contribution in [0.1, 0.15) is 17.5 Å². The van der Waals surface area contributed by atoms with Crippen molar-refractivity contribution >= 4 is 30.2 Å². The van der Waals surface area contributed by atoms with Gasteiger partial charge in [-0.05, 0) is 17.6 Å². The molecule has 1 radical (unpaired) electrons. The molecular weight excluding hydrogens is 337 g/mol. The highest BCUT2D eigenvalue weighted by Gasteiger charge is 2.32. The van der Waals surface area contributed by atoms with Crippen LogP contribution in [0, 0.1) is 11.8 Å². The van der Waals surface area contributed by atoms with E-state index in [1.807, 2.05) is 6.82 Å². The van der Waals surface area contributed by atoms with Crippen LogP contribution < -0.4 is 10.8 Å². The number of nitrogens with zero attached hydrogens (tertiary/aromatic N) is 2. The van der Waals surface area contributed by atoms with Crippen LogP contribution in [0.15, 0.2) is 30.6 Å². The molecule has 0 saturated carbocycles. The smallest absolute Gasteiger partial charge is 0.369 e. The molecule has 0 spiro atoms. The number of alkyl halides is 3. The first-order chi connectivity index (χ1) is 11.4. The lowest BCUT2D eigenvalue weighted by atomic mass is 9.74. The number of rotatable bonds is 4. The lowest BCUT2D eigenvalue weighted by molar-refractivity contribution is -0.137. The summed E-state index contributed by atoms with van der Waals surface area (Å²) in [7, 11) is 1.77. The van der Waals surface area contributed by atoms with Gasteiger partial charge in [-0.3, -0.25) is 0 Å². The Labute approximate surface area is 143 Å². The van der Waals surface area contributed by atoms with Crippen LogP contribution in [-0.2, 0) is 6.18 Å². The van der Waals surface area contributed by atoms with Gasteiger partial charge in [0.25, 0.3) is 0 Å².